The van der Waals surface area contributed by atoms with E-state index in [-0.39, 0.29) is 0 Å². The van der Waals surface area contributed by atoms with Gasteiger partial charge in [-0.25, -0.2) is 4.98 Å². The van der Waals surface area contributed by atoms with Crippen LogP contribution in [-0.4, -0.2) is 19.8 Å². The molecule has 1 atom stereocenters. The Morgan fingerprint density at radius 3 is 2.88 bits per heavy atom. The van der Waals surface area contributed by atoms with Crippen molar-refractivity contribution in [2.75, 3.05) is 0 Å². The van der Waals surface area contributed by atoms with Crippen LogP contribution in [0.4, 0.5) is 0 Å². The molecule has 0 bridgehead atoms. The van der Waals surface area contributed by atoms with Gasteiger partial charge in [0.1, 0.15) is 0 Å². The summed E-state index contributed by atoms with van der Waals surface area (Å²) in [6.45, 7) is 6.45. The molecule has 2 aromatic rings. The Hall–Kier alpha value is -1.32. The van der Waals surface area contributed by atoms with Gasteiger partial charge in [-0.05, 0) is 19.8 Å². The van der Waals surface area contributed by atoms with Gasteiger partial charge in [0.15, 0.2) is 11.5 Å². The maximum Gasteiger partial charge on any atom is 0.175 e. The summed E-state index contributed by atoms with van der Waals surface area (Å²) >= 11 is 0. The lowest BCUT2D eigenvalue weighted by molar-refractivity contribution is 0.540. The Bertz CT molecular complexity index is 423. The van der Waals surface area contributed by atoms with Gasteiger partial charge in [-0.3, -0.25) is 5.10 Å². The third-order valence-corrected chi connectivity index (χ3v) is 3.04. The fraction of sp³-hybridized carbons (Fsp3) is 0.667. The van der Waals surface area contributed by atoms with Crippen LogP contribution in [0.5, 0.6) is 0 Å². The number of fused-ring (bicyclic) bond motifs is 1. The molecule has 0 saturated heterocycles. The van der Waals surface area contributed by atoms with Crippen LogP contribution in [0.2, 0.25) is 0 Å². The number of hydrogen-bond donors (Lipinski definition) is 1. The molecule has 0 spiro atoms. The smallest absolute Gasteiger partial charge is 0.175 e. The van der Waals surface area contributed by atoms with Crippen molar-refractivity contribution in [2.45, 2.75) is 52.4 Å². The van der Waals surface area contributed by atoms with Crippen LogP contribution in [0.25, 0.3) is 5.65 Å². The molecule has 0 amide bonds. The zero-order valence-corrected chi connectivity index (χ0v) is 10.3. The van der Waals surface area contributed by atoms with Crippen molar-refractivity contribution in [3.63, 3.8) is 0 Å². The van der Waals surface area contributed by atoms with E-state index in [1.165, 1.54) is 19.3 Å². The molecular formula is C12H20N4. The molecule has 2 rings (SSSR count). The summed E-state index contributed by atoms with van der Waals surface area (Å²) in [6.07, 6.45) is 4.80. The average Bonchev–Trinajstić information content (AvgIpc) is 2.76. The molecule has 1 N–H and O–H groups in total. The molecule has 88 valence electrons. The number of rotatable bonds is 5. The number of aryl methyl sites for hydroxylation is 1. The molecule has 4 heteroatoms. The van der Waals surface area contributed by atoms with Gasteiger partial charge in [0, 0.05) is 17.7 Å². The van der Waals surface area contributed by atoms with Gasteiger partial charge in [-0.2, -0.15) is 4.63 Å². The van der Waals surface area contributed by atoms with Crippen LogP contribution >= 0.6 is 0 Å². The second kappa shape index (κ2) is 4.68. The highest BCUT2D eigenvalue weighted by Crippen LogP contribution is 2.23. The van der Waals surface area contributed by atoms with E-state index in [9.17, 15) is 0 Å². The zero-order valence-electron chi connectivity index (χ0n) is 10.3. The summed E-state index contributed by atoms with van der Waals surface area (Å²) in [7, 11) is 0. The molecular weight excluding hydrogens is 200 g/mol. The second-order valence-electron chi connectivity index (χ2n) is 4.43. The first kappa shape index (κ1) is 11.2. The van der Waals surface area contributed by atoms with Crippen molar-refractivity contribution in [1.29, 1.82) is 0 Å². The summed E-state index contributed by atoms with van der Waals surface area (Å²) in [6, 6.07) is 2.03. The molecule has 2 heterocycles. The van der Waals surface area contributed by atoms with Gasteiger partial charge >= 0.3 is 0 Å². The van der Waals surface area contributed by atoms with Crippen molar-refractivity contribution in [1.82, 2.24) is 19.8 Å². The second-order valence-corrected chi connectivity index (χ2v) is 4.43. The van der Waals surface area contributed by atoms with Crippen molar-refractivity contribution in [3.05, 3.63) is 17.6 Å². The third-order valence-electron chi connectivity index (χ3n) is 3.04. The highest BCUT2D eigenvalue weighted by Gasteiger charge is 2.15. The quantitative estimate of drug-likeness (QED) is 0.841. The Morgan fingerprint density at radius 2 is 2.25 bits per heavy atom. The third kappa shape index (κ3) is 2.10. The lowest BCUT2D eigenvalue weighted by Gasteiger charge is -2.09. The van der Waals surface area contributed by atoms with Gasteiger partial charge < -0.3 is 0 Å². The van der Waals surface area contributed by atoms with Gasteiger partial charge in [-0.1, -0.05) is 26.7 Å². The number of hydrogen-bond acceptors (Lipinski definition) is 2. The molecule has 4 nitrogen and oxygen atoms in total. The van der Waals surface area contributed by atoms with Crippen LogP contribution in [0.1, 0.15) is 57.0 Å². The Balaban J connectivity index is 2.20. The Morgan fingerprint density at radius 1 is 1.44 bits per heavy atom. The number of nitrogens with zero attached hydrogens (tertiary/aromatic N) is 3. The summed E-state index contributed by atoms with van der Waals surface area (Å²) in [5.74, 6) is 1.50. The predicted octanol–water partition coefficient (Wildman–Crippen LogP) is 3.05. The first-order valence-corrected chi connectivity index (χ1v) is 6.16. The topological polar surface area (TPSA) is 46.0 Å². The van der Waals surface area contributed by atoms with E-state index in [0.29, 0.717) is 5.92 Å². The summed E-state index contributed by atoms with van der Waals surface area (Å²) in [4.78, 5) is 4.58. The standard InChI is InChI=1S/C12H20N4/c1-4-6-7-10(5-2)12-13-11-8-9(3)14-16(11)15-12/h8,10,14H,4-7H2,1-3H3. The lowest BCUT2D eigenvalue weighted by atomic mass is 9.99. The van der Waals surface area contributed by atoms with Gasteiger partial charge in [0.05, 0.1) is 0 Å². The Kier molecular flexibility index (Phi) is 3.27. The Labute approximate surface area is 96.1 Å². The zero-order chi connectivity index (χ0) is 11.5. The van der Waals surface area contributed by atoms with Crippen LogP contribution in [0.15, 0.2) is 6.07 Å². The highest BCUT2D eigenvalue weighted by atomic mass is 15.5. The first-order chi connectivity index (χ1) is 7.74. The van der Waals surface area contributed by atoms with E-state index in [1.807, 2.05) is 13.0 Å². The molecule has 16 heavy (non-hydrogen) atoms. The van der Waals surface area contributed by atoms with E-state index in [1.54, 1.807) is 4.63 Å². The van der Waals surface area contributed by atoms with E-state index in [2.05, 4.69) is 29.0 Å². The number of unbranched alkanes of at least 4 members (excludes halogenated alkanes) is 1. The van der Waals surface area contributed by atoms with E-state index in [0.717, 1.165) is 23.6 Å². The maximum atomic E-state index is 4.58. The minimum atomic E-state index is 0.508. The molecule has 0 saturated carbocycles. The fourth-order valence-electron chi connectivity index (χ4n) is 2.05. The molecule has 1 unspecified atom stereocenters. The van der Waals surface area contributed by atoms with Gasteiger partial charge in [0.2, 0.25) is 0 Å². The van der Waals surface area contributed by atoms with Crippen molar-refractivity contribution >= 4 is 5.65 Å². The number of aromatic amines is 1. The molecule has 0 aliphatic rings. The van der Waals surface area contributed by atoms with Gasteiger partial charge in [0.25, 0.3) is 0 Å². The molecule has 0 aliphatic carbocycles. The highest BCUT2D eigenvalue weighted by molar-refractivity contribution is 5.38. The molecule has 0 aromatic carbocycles. The summed E-state index contributed by atoms with van der Waals surface area (Å²) < 4.78 is 1.78. The van der Waals surface area contributed by atoms with Crippen LogP contribution in [0.3, 0.4) is 0 Å². The predicted molar refractivity (Wildman–Crippen MR) is 64.6 cm³/mol. The molecule has 0 fully saturated rings. The summed E-state index contributed by atoms with van der Waals surface area (Å²) in [5.41, 5.74) is 2.03. The van der Waals surface area contributed by atoms with Crippen LogP contribution in [0, 0.1) is 6.92 Å². The number of nitrogens with one attached hydrogen (secondary N) is 1. The van der Waals surface area contributed by atoms with Crippen LogP contribution in [-0.2, 0) is 0 Å². The van der Waals surface area contributed by atoms with E-state index >= 15 is 0 Å². The summed E-state index contributed by atoms with van der Waals surface area (Å²) in [5, 5.41) is 7.66. The van der Waals surface area contributed by atoms with Crippen molar-refractivity contribution in [3.8, 4) is 0 Å². The molecule has 0 aliphatic heterocycles. The van der Waals surface area contributed by atoms with E-state index in [4.69, 9.17) is 0 Å². The van der Waals surface area contributed by atoms with Crippen molar-refractivity contribution in [2.24, 2.45) is 0 Å². The lowest BCUT2D eigenvalue weighted by Crippen LogP contribution is -2.01. The largest absolute Gasteiger partial charge is 0.281 e. The average molecular weight is 220 g/mol. The molecule has 0 radical (unpaired) electrons. The van der Waals surface area contributed by atoms with Crippen molar-refractivity contribution < 1.29 is 0 Å². The fourth-order valence-corrected chi connectivity index (χ4v) is 2.05. The number of H-pyrrole nitrogens is 1. The normalized spacial score (nSPS) is 13.4. The molecule has 2 aromatic heterocycles. The SMILES string of the molecule is CCCCC(CC)c1nc2cc(C)[nH]n2n1. The minimum absolute atomic E-state index is 0.508. The van der Waals surface area contributed by atoms with Gasteiger partial charge in [-0.15, -0.1) is 5.10 Å². The first-order valence-electron chi connectivity index (χ1n) is 6.16. The number of aromatic nitrogens is 4. The minimum Gasteiger partial charge on any atom is -0.281 e. The van der Waals surface area contributed by atoms with Crippen LogP contribution < -0.4 is 0 Å². The van der Waals surface area contributed by atoms with E-state index < -0.39 is 0 Å². The maximum absolute atomic E-state index is 4.58. The monoisotopic (exact) mass is 220 g/mol.